The van der Waals surface area contributed by atoms with Crippen LogP contribution in [0.25, 0.3) is 22.2 Å². The van der Waals surface area contributed by atoms with Crippen molar-refractivity contribution >= 4 is 22.8 Å². The molecule has 0 saturated carbocycles. The molecule has 7 heteroatoms. The Bertz CT molecular complexity index is 1250. The molecule has 3 heterocycles. The van der Waals surface area contributed by atoms with E-state index in [2.05, 4.69) is 31.7 Å². The van der Waals surface area contributed by atoms with Gasteiger partial charge in [-0.05, 0) is 42.3 Å². The Morgan fingerprint density at radius 2 is 1.91 bits per heavy atom. The van der Waals surface area contributed by atoms with E-state index in [1.807, 2.05) is 60.8 Å². The van der Waals surface area contributed by atoms with Gasteiger partial charge in [0.2, 0.25) is 5.91 Å². The molecule has 1 amide bonds. The Hall–Kier alpha value is -4.13. The molecule has 0 aliphatic carbocycles. The van der Waals surface area contributed by atoms with E-state index in [1.54, 1.807) is 6.33 Å². The molecule has 0 spiro atoms. The lowest BCUT2D eigenvalue weighted by Crippen LogP contribution is -2.36. The third kappa shape index (κ3) is 3.92. The highest BCUT2D eigenvalue weighted by Crippen LogP contribution is 2.35. The number of aromatic nitrogens is 3. The standard InChI is InChI=1S/C25H23N5O2/c1-2-22(31)29-18-12-13-30(15-18)25-23-21(14-26-24(23)27-16-28-25)17-8-10-20(11-9-17)32-19-6-4-3-5-7-19/h2-11,14,16,18H,1,12-13,15H2,(H,29,31)(H,26,27,28)/t18-/m1/s1. The largest absolute Gasteiger partial charge is 0.457 e. The minimum Gasteiger partial charge on any atom is -0.457 e. The monoisotopic (exact) mass is 425 g/mol. The van der Waals surface area contributed by atoms with Crippen LogP contribution in [0.1, 0.15) is 6.42 Å². The van der Waals surface area contributed by atoms with Gasteiger partial charge in [-0.15, -0.1) is 0 Å². The van der Waals surface area contributed by atoms with Crippen LogP contribution in [0.4, 0.5) is 5.82 Å². The summed E-state index contributed by atoms with van der Waals surface area (Å²) >= 11 is 0. The lowest BCUT2D eigenvalue weighted by Gasteiger charge is -2.19. The lowest BCUT2D eigenvalue weighted by molar-refractivity contribution is -0.117. The van der Waals surface area contributed by atoms with Crippen LogP contribution in [0.5, 0.6) is 11.5 Å². The topological polar surface area (TPSA) is 83.1 Å². The second-order valence-corrected chi connectivity index (χ2v) is 7.71. The van der Waals surface area contributed by atoms with E-state index >= 15 is 0 Å². The fourth-order valence-electron chi connectivity index (χ4n) is 4.07. The number of hydrogen-bond donors (Lipinski definition) is 2. The summed E-state index contributed by atoms with van der Waals surface area (Å²) in [4.78, 5) is 26.1. The van der Waals surface area contributed by atoms with Gasteiger partial charge in [0, 0.05) is 30.9 Å². The van der Waals surface area contributed by atoms with Crippen molar-refractivity contribution in [3.8, 4) is 22.6 Å². The Labute approximate surface area is 185 Å². The molecule has 1 aliphatic rings. The summed E-state index contributed by atoms with van der Waals surface area (Å²) in [5, 5.41) is 3.95. The van der Waals surface area contributed by atoms with Gasteiger partial charge in [-0.1, -0.05) is 36.9 Å². The number of fused-ring (bicyclic) bond motifs is 1. The number of anilines is 1. The van der Waals surface area contributed by atoms with Crippen LogP contribution >= 0.6 is 0 Å². The molecule has 4 aromatic rings. The molecule has 2 aromatic carbocycles. The summed E-state index contributed by atoms with van der Waals surface area (Å²) in [6.07, 6.45) is 5.70. The number of rotatable bonds is 6. The first-order valence-electron chi connectivity index (χ1n) is 10.5. The number of H-pyrrole nitrogens is 1. The average molecular weight is 425 g/mol. The second-order valence-electron chi connectivity index (χ2n) is 7.71. The van der Waals surface area contributed by atoms with Crippen molar-refractivity contribution in [1.29, 1.82) is 0 Å². The maximum atomic E-state index is 11.7. The number of nitrogens with one attached hydrogen (secondary N) is 2. The Balaban J connectivity index is 1.42. The van der Waals surface area contributed by atoms with Crippen LogP contribution < -0.4 is 15.0 Å². The zero-order chi connectivity index (χ0) is 21.9. The van der Waals surface area contributed by atoms with Crippen LogP contribution in [-0.4, -0.2) is 40.0 Å². The average Bonchev–Trinajstić information content (AvgIpc) is 3.47. The van der Waals surface area contributed by atoms with E-state index in [0.29, 0.717) is 6.54 Å². The molecule has 2 aromatic heterocycles. The smallest absolute Gasteiger partial charge is 0.243 e. The van der Waals surface area contributed by atoms with Gasteiger partial charge >= 0.3 is 0 Å². The third-order valence-electron chi connectivity index (χ3n) is 5.61. The summed E-state index contributed by atoms with van der Waals surface area (Å²) < 4.78 is 5.91. The van der Waals surface area contributed by atoms with Crippen molar-refractivity contribution in [2.24, 2.45) is 0 Å². The van der Waals surface area contributed by atoms with Gasteiger partial charge in [-0.25, -0.2) is 9.97 Å². The first kappa shape index (κ1) is 19.8. The summed E-state index contributed by atoms with van der Waals surface area (Å²) in [6, 6.07) is 17.8. The van der Waals surface area contributed by atoms with Gasteiger partial charge in [0.05, 0.1) is 5.39 Å². The van der Waals surface area contributed by atoms with Gasteiger partial charge in [0.25, 0.3) is 0 Å². The van der Waals surface area contributed by atoms with Gasteiger partial charge in [0.1, 0.15) is 29.3 Å². The number of benzene rings is 2. The zero-order valence-electron chi connectivity index (χ0n) is 17.5. The number of para-hydroxylation sites is 1. The molecule has 160 valence electrons. The summed E-state index contributed by atoms with van der Waals surface area (Å²) in [7, 11) is 0. The summed E-state index contributed by atoms with van der Waals surface area (Å²) in [5.41, 5.74) is 2.86. The first-order valence-corrected chi connectivity index (χ1v) is 10.5. The second kappa shape index (κ2) is 8.55. The number of nitrogens with zero attached hydrogens (tertiary/aromatic N) is 3. The van der Waals surface area contributed by atoms with Gasteiger partial charge in [0.15, 0.2) is 0 Å². The highest BCUT2D eigenvalue weighted by molar-refractivity contribution is 6.01. The molecule has 32 heavy (non-hydrogen) atoms. The van der Waals surface area contributed by atoms with Crippen molar-refractivity contribution in [2.75, 3.05) is 18.0 Å². The number of aromatic amines is 1. The quantitative estimate of drug-likeness (QED) is 0.450. The molecular formula is C25H23N5O2. The summed E-state index contributed by atoms with van der Waals surface area (Å²) in [6.45, 7) is 5.03. The van der Waals surface area contributed by atoms with E-state index in [0.717, 1.165) is 52.4 Å². The highest BCUT2D eigenvalue weighted by atomic mass is 16.5. The maximum Gasteiger partial charge on any atom is 0.243 e. The SMILES string of the molecule is C=CC(=O)N[C@@H]1CCN(c2ncnc3[nH]cc(-c4ccc(Oc5ccccc5)cc4)c23)C1. The molecule has 1 aliphatic heterocycles. The maximum absolute atomic E-state index is 11.7. The van der Waals surface area contributed by atoms with Crippen LogP contribution in [0.3, 0.4) is 0 Å². The van der Waals surface area contributed by atoms with Gasteiger partial charge in [-0.3, -0.25) is 4.79 Å². The Morgan fingerprint density at radius 3 is 2.69 bits per heavy atom. The predicted molar refractivity (Wildman–Crippen MR) is 125 cm³/mol. The zero-order valence-corrected chi connectivity index (χ0v) is 17.5. The number of carbonyl (C=O) groups excluding carboxylic acids is 1. The number of carbonyl (C=O) groups is 1. The number of ether oxygens (including phenoxy) is 1. The van der Waals surface area contributed by atoms with Crippen LogP contribution in [0.2, 0.25) is 0 Å². The molecule has 2 N–H and O–H groups in total. The molecule has 0 radical (unpaired) electrons. The van der Waals surface area contributed by atoms with E-state index in [-0.39, 0.29) is 11.9 Å². The van der Waals surface area contributed by atoms with E-state index in [9.17, 15) is 4.79 Å². The molecule has 5 rings (SSSR count). The Morgan fingerprint density at radius 1 is 1.12 bits per heavy atom. The predicted octanol–water partition coefficient (Wildman–Crippen LogP) is 4.30. The van der Waals surface area contributed by atoms with Crippen molar-refractivity contribution in [3.05, 3.63) is 79.8 Å². The van der Waals surface area contributed by atoms with Crippen LogP contribution in [0, 0.1) is 0 Å². The molecule has 0 unspecified atom stereocenters. The fraction of sp³-hybridized carbons (Fsp3) is 0.160. The highest BCUT2D eigenvalue weighted by Gasteiger charge is 2.27. The van der Waals surface area contributed by atoms with Crippen molar-refractivity contribution < 1.29 is 9.53 Å². The van der Waals surface area contributed by atoms with Crippen LogP contribution in [-0.2, 0) is 4.79 Å². The van der Waals surface area contributed by atoms with E-state index in [4.69, 9.17) is 4.74 Å². The molecule has 1 fully saturated rings. The van der Waals surface area contributed by atoms with E-state index in [1.165, 1.54) is 6.08 Å². The Kier molecular flexibility index (Phi) is 5.29. The van der Waals surface area contributed by atoms with Crippen molar-refractivity contribution in [2.45, 2.75) is 12.5 Å². The molecule has 7 nitrogen and oxygen atoms in total. The van der Waals surface area contributed by atoms with Crippen LogP contribution in [0.15, 0.2) is 79.8 Å². The molecule has 0 bridgehead atoms. The first-order chi connectivity index (χ1) is 15.7. The number of hydrogen-bond acceptors (Lipinski definition) is 5. The summed E-state index contributed by atoms with van der Waals surface area (Å²) in [5.74, 6) is 2.29. The van der Waals surface area contributed by atoms with Gasteiger partial charge in [-0.2, -0.15) is 0 Å². The number of amides is 1. The molecule has 1 saturated heterocycles. The van der Waals surface area contributed by atoms with Crippen molar-refractivity contribution in [3.63, 3.8) is 0 Å². The minimum atomic E-state index is -0.148. The normalized spacial score (nSPS) is 15.6. The van der Waals surface area contributed by atoms with E-state index < -0.39 is 0 Å². The fourth-order valence-corrected chi connectivity index (χ4v) is 4.07. The lowest BCUT2D eigenvalue weighted by atomic mass is 10.1. The van der Waals surface area contributed by atoms with Gasteiger partial charge < -0.3 is 19.9 Å². The molecule has 1 atom stereocenters. The minimum absolute atomic E-state index is 0.0716. The third-order valence-corrected chi connectivity index (χ3v) is 5.61. The van der Waals surface area contributed by atoms with Crippen molar-refractivity contribution in [1.82, 2.24) is 20.3 Å². The molecular weight excluding hydrogens is 402 g/mol.